The molecule has 0 saturated heterocycles. The number of benzene rings is 1. The minimum Gasteiger partial charge on any atom is -0.0842 e. The zero-order valence-electron chi connectivity index (χ0n) is 8.17. The fourth-order valence-corrected chi connectivity index (χ4v) is 1.81. The first kappa shape index (κ1) is 12.5. The van der Waals surface area contributed by atoms with E-state index in [9.17, 15) is 0 Å². The number of rotatable bonds is 3. The zero-order chi connectivity index (χ0) is 11.3. The van der Waals surface area contributed by atoms with E-state index in [2.05, 4.69) is 16.8 Å². The van der Waals surface area contributed by atoms with E-state index >= 15 is 0 Å². The molecule has 0 spiro atoms. The van der Waals surface area contributed by atoms with E-state index in [0.29, 0.717) is 20.8 Å². The predicted octanol–water partition coefficient (Wildman–Crippen LogP) is 4.81. The van der Waals surface area contributed by atoms with Crippen LogP contribution < -0.4 is 0 Å². The third-order valence-corrected chi connectivity index (χ3v) is 2.43. The maximum absolute atomic E-state index is 5.91. The van der Waals surface area contributed by atoms with E-state index in [1.54, 1.807) is 18.3 Å². The van der Waals surface area contributed by atoms with Crippen LogP contribution in [0.25, 0.3) is 0 Å². The molecule has 0 aliphatic heterocycles. The zero-order valence-corrected chi connectivity index (χ0v) is 10.4. The summed E-state index contributed by atoms with van der Waals surface area (Å²) in [5, 5.41) is 5.23. The minimum absolute atomic E-state index is 0.404. The highest BCUT2D eigenvalue weighted by Gasteiger charge is 2.10. The van der Waals surface area contributed by atoms with Crippen molar-refractivity contribution < 1.29 is 4.79 Å². The molecule has 0 aliphatic carbocycles. The van der Waals surface area contributed by atoms with Gasteiger partial charge in [-0.05, 0) is 18.6 Å². The van der Waals surface area contributed by atoms with Crippen LogP contribution in [0.3, 0.4) is 0 Å². The number of nitrogens with zero attached hydrogens (tertiary/aromatic N) is 2. The highest BCUT2D eigenvalue weighted by molar-refractivity contribution is 6.41. The summed E-state index contributed by atoms with van der Waals surface area (Å²) >= 11 is 17.6. The lowest BCUT2D eigenvalue weighted by atomic mass is 10.3. The van der Waals surface area contributed by atoms with Gasteiger partial charge in [-0.25, -0.2) is 0 Å². The van der Waals surface area contributed by atoms with E-state index in [0.717, 1.165) is 12.8 Å². The van der Waals surface area contributed by atoms with Gasteiger partial charge in [-0.2, -0.15) is 0 Å². The van der Waals surface area contributed by atoms with Gasteiger partial charge in [0.1, 0.15) is 5.11 Å². The van der Waals surface area contributed by atoms with Gasteiger partial charge in [0.05, 0.1) is 14.8 Å². The van der Waals surface area contributed by atoms with Crippen LogP contribution in [0, 0.1) is 0 Å². The first-order chi connectivity index (χ1) is 7.15. The molecule has 0 bridgehead atoms. The molecule has 0 aliphatic rings. The molecule has 1 aromatic rings. The Bertz CT molecular complexity index is 386. The first-order valence-electron chi connectivity index (χ1n) is 4.52. The smallest absolute Gasteiger partial charge is 0.0842 e. The van der Waals surface area contributed by atoms with E-state index < -0.39 is 0 Å². The molecule has 0 heterocycles. The van der Waals surface area contributed by atoms with Crippen LogP contribution in [0.2, 0.25) is 15.1 Å². The lowest BCUT2D eigenvalue weighted by Gasteiger charge is -1.95. The molecule has 0 saturated carbocycles. The summed E-state index contributed by atoms with van der Waals surface area (Å²) in [6.45, 7) is 2.06. The van der Waals surface area contributed by atoms with Gasteiger partial charge in [-0.3, -0.25) is 0 Å². The second-order valence-electron chi connectivity index (χ2n) is 2.90. The van der Waals surface area contributed by atoms with Crippen molar-refractivity contribution in [3.63, 3.8) is 0 Å². The predicted molar refractivity (Wildman–Crippen MR) is 64.8 cm³/mol. The number of hydrogen-bond acceptors (Lipinski definition) is 1. The molecule has 2 nitrogen and oxygen atoms in total. The SMILES string of the molecule is CCCC=[N+]=Nc1c(Cl)cc(Cl)cc1Cl. The highest BCUT2D eigenvalue weighted by atomic mass is 35.5. The van der Waals surface area contributed by atoms with Crippen molar-refractivity contribution in [1.82, 2.24) is 0 Å². The Hall–Kier alpha value is -0.530. The second-order valence-corrected chi connectivity index (χ2v) is 4.16. The molecule has 0 amide bonds. The molecule has 5 heteroatoms. The molecule has 15 heavy (non-hydrogen) atoms. The van der Waals surface area contributed by atoms with Crippen LogP contribution in [0.4, 0.5) is 5.69 Å². The van der Waals surface area contributed by atoms with Crippen LogP contribution in [-0.4, -0.2) is 11.0 Å². The number of unbranched alkanes of at least 4 members (excludes halogenated alkanes) is 1. The molecule has 1 aromatic carbocycles. The Morgan fingerprint density at radius 1 is 1.27 bits per heavy atom. The summed E-state index contributed by atoms with van der Waals surface area (Å²) in [6.07, 6.45) is 3.63. The van der Waals surface area contributed by atoms with E-state index in [4.69, 9.17) is 34.8 Å². The van der Waals surface area contributed by atoms with Gasteiger partial charge in [0.15, 0.2) is 5.69 Å². The molecule has 0 atom stereocenters. The maximum Gasteiger partial charge on any atom is 0.307 e. The van der Waals surface area contributed by atoms with Crippen molar-refractivity contribution in [2.75, 3.05) is 0 Å². The van der Waals surface area contributed by atoms with Crippen LogP contribution in [0.5, 0.6) is 0 Å². The van der Waals surface area contributed by atoms with Crippen molar-refractivity contribution in [3.05, 3.63) is 27.2 Å². The molecule has 0 radical (unpaired) electrons. The van der Waals surface area contributed by atoms with Gasteiger partial charge in [0.25, 0.3) is 0 Å². The molecular formula is C10H10Cl3N2+. The Morgan fingerprint density at radius 2 is 1.87 bits per heavy atom. The van der Waals surface area contributed by atoms with Crippen LogP contribution in [-0.2, 0) is 0 Å². The molecule has 1 rings (SSSR count). The third-order valence-electron chi connectivity index (χ3n) is 1.64. The summed E-state index contributed by atoms with van der Waals surface area (Å²) in [5.74, 6) is 0. The fraction of sp³-hybridized carbons (Fsp3) is 0.300. The normalized spacial score (nSPS) is 9.60. The lowest BCUT2D eigenvalue weighted by molar-refractivity contribution is -0.0719. The number of halogens is 3. The van der Waals surface area contributed by atoms with E-state index in [1.165, 1.54) is 0 Å². The van der Waals surface area contributed by atoms with Crippen LogP contribution in [0.15, 0.2) is 17.2 Å². The van der Waals surface area contributed by atoms with Crippen molar-refractivity contribution in [3.8, 4) is 0 Å². The molecule has 0 unspecified atom stereocenters. The van der Waals surface area contributed by atoms with E-state index in [-0.39, 0.29) is 0 Å². The topological polar surface area (TPSA) is 26.5 Å². The van der Waals surface area contributed by atoms with Gasteiger partial charge >= 0.3 is 6.21 Å². The Labute approximate surface area is 104 Å². The lowest BCUT2D eigenvalue weighted by Crippen LogP contribution is -1.76. The van der Waals surface area contributed by atoms with Gasteiger partial charge in [-0.1, -0.05) is 41.7 Å². The third kappa shape index (κ3) is 3.84. The standard InChI is InChI=1S/C10H10Cl3N2/c1-2-3-4-14-15-10-8(12)5-7(11)6-9(10)13/h4-6H,2-3H2,1H3/q+1. The Morgan fingerprint density at radius 3 is 2.40 bits per heavy atom. The van der Waals surface area contributed by atoms with Gasteiger partial charge < -0.3 is 0 Å². The van der Waals surface area contributed by atoms with Crippen LogP contribution in [0.1, 0.15) is 19.8 Å². The maximum atomic E-state index is 5.91. The minimum atomic E-state index is 0.404. The average Bonchev–Trinajstić information content (AvgIpc) is 2.15. The fourth-order valence-electron chi connectivity index (χ4n) is 0.916. The number of hydrogen-bond donors (Lipinski definition) is 0. The van der Waals surface area contributed by atoms with Crippen LogP contribution >= 0.6 is 34.8 Å². The van der Waals surface area contributed by atoms with E-state index in [1.807, 2.05) is 0 Å². The first-order valence-corrected chi connectivity index (χ1v) is 5.65. The summed E-state index contributed by atoms with van der Waals surface area (Å²) < 4.78 is 0. The summed E-state index contributed by atoms with van der Waals surface area (Å²) in [4.78, 5) is 3.87. The quantitative estimate of drug-likeness (QED) is 0.425. The Balaban J connectivity index is 3.00. The summed E-state index contributed by atoms with van der Waals surface area (Å²) in [6, 6.07) is 3.17. The Kier molecular flexibility index (Phi) is 5.13. The second kappa shape index (κ2) is 6.14. The monoisotopic (exact) mass is 263 g/mol. The average molecular weight is 265 g/mol. The summed E-state index contributed by atoms with van der Waals surface area (Å²) in [5.41, 5.74) is 0.454. The van der Waals surface area contributed by atoms with Crippen molar-refractivity contribution in [1.29, 1.82) is 0 Å². The molecular weight excluding hydrogens is 254 g/mol. The van der Waals surface area contributed by atoms with Crippen molar-refractivity contribution in [2.24, 2.45) is 5.11 Å². The molecule has 0 aromatic heterocycles. The summed E-state index contributed by atoms with van der Waals surface area (Å²) in [7, 11) is 0. The van der Waals surface area contributed by atoms with Gasteiger partial charge in [0.2, 0.25) is 0 Å². The van der Waals surface area contributed by atoms with Crippen molar-refractivity contribution in [2.45, 2.75) is 19.8 Å². The van der Waals surface area contributed by atoms with Crippen molar-refractivity contribution >= 4 is 46.7 Å². The molecule has 0 fully saturated rings. The highest BCUT2D eigenvalue weighted by Crippen LogP contribution is 2.35. The molecule has 80 valence electrons. The molecule has 0 N–H and O–H groups in total. The van der Waals surface area contributed by atoms with Gasteiger partial charge in [-0.15, -0.1) is 0 Å². The van der Waals surface area contributed by atoms with Gasteiger partial charge in [0, 0.05) is 11.4 Å². The largest absolute Gasteiger partial charge is 0.307 e.